The topological polar surface area (TPSA) is 27.8 Å². The van der Waals surface area contributed by atoms with Crippen molar-refractivity contribution < 1.29 is 0 Å². The second-order valence-corrected chi connectivity index (χ2v) is 5.29. The Morgan fingerprint density at radius 1 is 1.29 bits per heavy atom. The number of aromatic amines is 1. The number of halogens is 1. The van der Waals surface area contributed by atoms with E-state index in [0.717, 1.165) is 17.0 Å². The number of rotatable bonds is 2. The zero-order chi connectivity index (χ0) is 11.7. The quantitative estimate of drug-likeness (QED) is 0.837. The average molecular weight is 249 g/mol. The lowest BCUT2D eigenvalue weighted by Gasteiger charge is -2.23. The predicted molar refractivity (Wildman–Crippen MR) is 72.7 cm³/mol. The second kappa shape index (κ2) is 4.71. The van der Waals surface area contributed by atoms with E-state index < -0.39 is 0 Å². The van der Waals surface area contributed by atoms with E-state index in [2.05, 4.69) is 22.6 Å². The summed E-state index contributed by atoms with van der Waals surface area (Å²) in [5.41, 5.74) is 2.54. The molecule has 0 bridgehead atoms. The van der Waals surface area contributed by atoms with Crippen LogP contribution in [0.2, 0.25) is 5.02 Å². The van der Waals surface area contributed by atoms with Gasteiger partial charge in [-0.3, -0.25) is 0 Å². The molecule has 17 heavy (non-hydrogen) atoms. The summed E-state index contributed by atoms with van der Waals surface area (Å²) in [6.07, 6.45) is 7.20. The molecule has 1 unspecified atom stereocenters. The fraction of sp³-hybridized carbons (Fsp3) is 0.429. The van der Waals surface area contributed by atoms with Gasteiger partial charge in [-0.1, -0.05) is 24.1 Å². The average Bonchev–Trinajstić information content (AvgIpc) is 2.73. The van der Waals surface area contributed by atoms with Crippen LogP contribution < -0.4 is 5.32 Å². The van der Waals surface area contributed by atoms with Crippen molar-refractivity contribution in [2.24, 2.45) is 0 Å². The van der Waals surface area contributed by atoms with E-state index in [1.54, 1.807) is 0 Å². The van der Waals surface area contributed by atoms with Gasteiger partial charge in [0.2, 0.25) is 0 Å². The molecule has 2 aromatic rings. The molecule has 1 aliphatic rings. The molecule has 1 aromatic heterocycles. The molecular formula is C14H17ClN2. The molecule has 2 nitrogen and oxygen atoms in total. The third kappa shape index (κ3) is 2.33. The van der Waals surface area contributed by atoms with E-state index in [4.69, 9.17) is 11.6 Å². The maximum Gasteiger partial charge on any atom is 0.0471 e. The minimum Gasteiger partial charge on any atom is -0.361 e. The number of fused-ring (bicyclic) bond motifs is 1. The molecule has 3 heteroatoms. The standard InChI is InChI=1S/C14H17ClN2/c15-11-4-5-13-10(9-17-14(13)8-11)7-12-3-1-2-6-16-12/h4-5,8-9,12,16-17H,1-3,6-7H2. The number of hydrogen-bond donors (Lipinski definition) is 2. The van der Waals surface area contributed by atoms with Crippen LogP contribution in [0.5, 0.6) is 0 Å². The summed E-state index contributed by atoms with van der Waals surface area (Å²) < 4.78 is 0. The maximum atomic E-state index is 5.99. The lowest BCUT2D eigenvalue weighted by atomic mass is 9.97. The van der Waals surface area contributed by atoms with Crippen molar-refractivity contribution in [3.05, 3.63) is 35.0 Å². The summed E-state index contributed by atoms with van der Waals surface area (Å²) in [5, 5.41) is 5.69. The van der Waals surface area contributed by atoms with E-state index in [1.807, 2.05) is 12.1 Å². The van der Waals surface area contributed by atoms with Crippen LogP contribution in [0.15, 0.2) is 24.4 Å². The third-order valence-electron chi connectivity index (χ3n) is 3.61. The summed E-state index contributed by atoms with van der Waals surface area (Å²) in [6, 6.07) is 6.72. The first-order valence-electron chi connectivity index (χ1n) is 6.32. The lowest BCUT2D eigenvalue weighted by Crippen LogP contribution is -2.35. The van der Waals surface area contributed by atoms with Gasteiger partial charge in [0.15, 0.2) is 0 Å². The van der Waals surface area contributed by atoms with Gasteiger partial charge < -0.3 is 10.3 Å². The Kier molecular flexibility index (Phi) is 3.08. The minimum atomic E-state index is 0.637. The van der Waals surface area contributed by atoms with Crippen LogP contribution in [0, 0.1) is 0 Å². The minimum absolute atomic E-state index is 0.637. The number of piperidine rings is 1. The van der Waals surface area contributed by atoms with E-state index >= 15 is 0 Å². The van der Waals surface area contributed by atoms with Crippen molar-refractivity contribution in [2.75, 3.05) is 6.54 Å². The van der Waals surface area contributed by atoms with Crippen LogP contribution >= 0.6 is 11.6 Å². The normalized spacial score (nSPS) is 20.9. The first kappa shape index (κ1) is 11.1. The van der Waals surface area contributed by atoms with Gasteiger partial charge >= 0.3 is 0 Å². The summed E-state index contributed by atoms with van der Waals surface area (Å²) in [6.45, 7) is 1.17. The molecule has 1 saturated heterocycles. The highest BCUT2D eigenvalue weighted by atomic mass is 35.5. The first-order valence-corrected chi connectivity index (χ1v) is 6.69. The van der Waals surface area contributed by atoms with Crippen molar-refractivity contribution in [3.63, 3.8) is 0 Å². The molecule has 1 aromatic carbocycles. The molecule has 3 rings (SSSR count). The molecule has 2 N–H and O–H groups in total. The molecule has 0 amide bonds. The predicted octanol–water partition coefficient (Wildman–Crippen LogP) is 3.51. The number of aromatic nitrogens is 1. The van der Waals surface area contributed by atoms with Gasteiger partial charge in [-0.05, 0) is 43.5 Å². The zero-order valence-corrected chi connectivity index (χ0v) is 10.6. The molecule has 0 spiro atoms. The van der Waals surface area contributed by atoms with Crippen molar-refractivity contribution in [1.82, 2.24) is 10.3 Å². The van der Waals surface area contributed by atoms with Crippen LogP contribution in [-0.2, 0) is 6.42 Å². The summed E-state index contributed by atoms with van der Waals surface area (Å²) in [7, 11) is 0. The fourth-order valence-corrected chi connectivity index (χ4v) is 2.86. The van der Waals surface area contributed by atoms with Crippen LogP contribution in [-0.4, -0.2) is 17.6 Å². The molecule has 90 valence electrons. The number of H-pyrrole nitrogens is 1. The number of benzene rings is 1. The Morgan fingerprint density at radius 3 is 3.06 bits per heavy atom. The molecule has 1 fully saturated rings. The Labute approximate surface area is 106 Å². The highest BCUT2D eigenvalue weighted by molar-refractivity contribution is 6.31. The molecule has 2 heterocycles. The third-order valence-corrected chi connectivity index (χ3v) is 3.84. The smallest absolute Gasteiger partial charge is 0.0471 e. The van der Waals surface area contributed by atoms with Gasteiger partial charge in [-0.2, -0.15) is 0 Å². The van der Waals surface area contributed by atoms with E-state index in [9.17, 15) is 0 Å². The summed E-state index contributed by atoms with van der Waals surface area (Å²) >= 11 is 5.99. The first-order chi connectivity index (χ1) is 8.33. The fourth-order valence-electron chi connectivity index (χ4n) is 2.69. The van der Waals surface area contributed by atoms with Gasteiger partial charge in [-0.15, -0.1) is 0 Å². The van der Waals surface area contributed by atoms with E-state index in [-0.39, 0.29) is 0 Å². The van der Waals surface area contributed by atoms with Gasteiger partial charge in [0.05, 0.1) is 0 Å². The van der Waals surface area contributed by atoms with Crippen molar-refractivity contribution in [2.45, 2.75) is 31.7 Å². The van der Waals surface area contributed by atoms with Gasteiger partial charge in [-0.25, -0.2) is 0 Å². The molecule has 0 saturated carbocycles. The monoisotopic (exact) mass is 248 g/mol. The van der Waals surface area contributed by atoms with Crippen LogP contribution in [0.25, 0.3) is 10.9 Å². The van der Waals surface area contributed by atoms with Crippen molar-refractivity contribution >= 4 is 22.5 Å². The SMILES string of the molecule is Clc1ccc2c(CC3CCCCN3)c[nH]c2c1. The molecule has 1 aliphatic heterocycles. The molecular weight excluding hydrogens is 232 g/mol. The Hall–Kier alpha value is -0.990. The molecule has 0 radical (unpaired) electrons. The van der Waals surface area contributed by atoms with Gasteiger partial charge in [0.1, 0.15) is 0 Å². The highest BCUT2D eigenvalue weighted by Crippen LogP contribution is 2.24. The largest absolute Gasteiger partial charge is 0.361 e. The highest BCUT2D eigenvalue weighted by Gasteiger charge is 2.14. The molecule has 1 atom stereocenters. The van der Waals surface area contributed by atoms with Crippen LogP contribution in [0.1, 0.15) is 24.8 Å². The maximum absolute atomic E-state index is 5.99. The lowest BCUT2D eigenvalue weighted by molar-refractivity contribution is 0.400. The van der Waals surface area contributed by atoms with Crippen LogP contribution in [0.4, 0.5) is 0 Å². The van der Waals surface area contributed by atoms with Crippen molar-refractivity contribution in [1.29, 1.82) is 0 Å². The van der Waals surface area contributed by atoms with Crippen molar-refractivity contribution in [3.8, 4) is 0 Å². The van der Waals surface area contributed by atoms with E-state index in [0.29, 0.717) is 6.04 Å². The number of nitrogens with one attached hydrogen (secondary N) is 2. The summed E-state index contributed by atoms with van der Waals surface area (Å²) in [5.74, 6) is 0. The van der Waals surface area contributed by atoms with E-state index in [1.165, 1.54) is 36.8 Å². The summed E-state index contributed by atoms with van der Waals surface area (Å²) in [4.78, 5) is 3.31. The van der Waals surface area contributed by atoms with Crippen LogP contribution in [0.3, 0.4) is 0 Å². The Balaban J connectivity index is 1.84. The van der Waals surface area contributed by atoms with Gasteiger partial charge in [0.25, 0.3) is 0 Å². The second-order valence-electron chi connectivity index (χ2n) is 4.85. The molecule has 0 aliphatic carbocycles. The Morgan fingerprint density at radius 2 is 2.24 bits per heavy atom. The zero-order valence-electron chi connectivity index (χ0n) is 9.80. The van der Waals surface area contributed by atoms with Gasteiger partial charge in [0, 0.05) is 28.2 Å². The Bertz CT molecular complexity index is 512. The number of hydrogen-bond acceptors (Lipinski definition) is 1.